The van der Waals surface area contributed by atoms with Crippen molar-refractivity contribution >= 4 is 19.7 Å². The van der Waals surface area contributed by atoms with E-state index in [2.05, 4.69) is 74.7 Å². The lowest BCUT2D eigenvalue weighted by molar-refractivity contribution is -0.870. The standard InChI is InChI=1S/C64H119N2O7P/c1-7-10-13-16-19-22-25-27-29-30-31-32-33-34-35-36-37-39-42-45-48-51-54-57-64(68)73-62(55-52-49-46-43-40-24-21-18-15-12-9-3)61(60-72-74(69,70)71-59-58-66(4,5)6)65-63(67)56-53-50-47-44-41-38-28-26-23-20-17-14-11-8-2/h11,14,19-20,22-23,27,29,52,55,61-62H,7-10,12-13,15-18,21,24-26,28,30-51,53-54,56-60H2,1-6H3,(H-,65,67,69,70)/b14-11+,22-19-,23-20+,29-27-,55-52-. The fourth-order valence-corrected chi connectivity index (χ4v) is 9.61. The third-order valence-electron chi connectivity index (χ3n) is 13.7. The maximum Gasteiger partial charge on any atom is 0.306 e. The van der Waals surface area contributed by atoms with Gasteiger partial charge in [-0.05, 0) is 89.5 Å². The number of nitrogens with zero attached hydrogens (tertiary/aromatic N) is 1. The van der Waals surface area contributed by atoms with Crippen LogP contribution in [0.5, 0.6) is 0 Å². The minimum atomic E-state index is -4.70. The lowest BCUT2D eigenvalue weighted by Gasteiger charge is -2.30. The Labute approximate surface area is 458 Å². The molecular weight excluding hydrogens is 940 g/mol. The highest BCUT2D eigenvalue weighted by Gasteiger charge is 2.27. The number of nitrogens with one attached hydrogen (secondary N) is 1. The van der Waals surface area contributed by atoms with E-state index in [1.54, 1.807) is 0 Å². The molecule has 0 radical (unpaired) electrons. The van der Waals surface area contributed by atoms with E-state index in [1.807, 2.05) is 33.3 Å². The first-order valence-corrected chi connectivity index (χ1v) is 32.6. The largest absolute Gasteiger partial charge is 0.756 e. The Bertz CT molecular complexity index is 1450. The molecule has 0 aliphatic heterocycles. The van der Waals surface area contributed by atoms with Crippen molar-refractivity contribution in [3.8, 4) is 0 Å². The highest BCUT2D eigenvalue weighted by molar-refractivity contribution is 7.45. The van der Waals surface area contributed by atoms with Gasteiger partial charge >= 0.3 is 5.97 Å². The summed E-state index contributed by atoms with van der Waals surface area (Å²) in [5.74, 6) is -0.547. The van der Waals surface area contributed by atoms with Crippen molar-refractivity contribution in [2.45, 2.75) is 296 Å². The Morgan fingerprint density at radius 1 is 0.486 bits per heavy atom. The molecule has 0 saturated heterocycles. The van der Waals surface area contributed by atoms with Gasteiger partial charge in [0.25, 0.3) is 7.82 Å². The molecule has 0 aromatic heterocycles. The highest BCUT2D eigenvalue weighted by atomic mass is 31.2. The topological polar surface area (TPSA) is 114 Å². The van der Waals surface area contributed by atoms with Gasteiger partial charge in [0.1, 0.15) is 19.3 Å². The van der Waals surface area contributed by atoms with Crippen molar-refractivity contribution in [1.29, 1.82) is 0 Å². The van der Waals surface area contributed by atoms with Crippen LogP contribution in [-0.2, 0) is 27.9 Å². The van der Waals surface area contributed by atoms with Gasteiger partial charge in [0.05, 0.1) is 33.8 Å². The van der Waals surface area contributed by atoms with Crippen LogP contribution in [0.2, 0.25) is 0 Å². The number of phosphoric ester groups is 1. The van der Waals surface area contributed by atoms with Crippen LogP contribution >= 0.6 is 7.82 Å². The van der Waals surface area contributed by atoms with E-state index in [1.165, 1.54) is 161 Å². The summed E-state index contributed by atoms with van der Waals surface area (Å²) in [6.07, 6.45) is 67.6. The van der Waals surface area contributed by atoms with Crippen LogP contribution in [0.25, 0.3) is 0 Å². The Kier molecular flexibility index (Phi) is 52.4. The molecular formula is C64H119N2O7P. The summed E-state index contributed by atoms with van der Waals surface area (Å²) >= 11 is 0. The van der Waals surface area contributed by atoms with Crippen molar-refractivity contribution in [2.75, 3.05) is 40.9 Å². The summed E-state index contributed by atoms with van der Waals surface area (Å²) in [4.78, 5) is 39.9. The van der Waals surface area contributed by atoms with Gasteiger partial charge in [-0.3, -0.25) is 14.2 Å². The van der Waals surface area contributed by atoms with Crippen LogP contribution in [0.1, 0.15) is 284 Å². The van der Waals surface area contributed by atoms with Crippen LogP contribution in [0, 0.1) is 0 Å². The zero-order valence-electron chi connectivity index (χ0n) is 49.3. The fraction of sp³-hybridized carbons (Fsp3) is 0.812. The number of ether oxygens (including phenoxy) is 1. The first kappa shape index (κ1) is 71.7. The second-order valence-electron chi connectivity index (χ2n) is 22.2. The van der Waals surface area contributed by atoms with Crippen molar-refractivity contribution in [3.05, 3.63) is 60.8 Å². The molecule has 432 valence electrons. The van der Waals surface area contributed by atoms with E-state index in [0.717, 1.165) is 89.9 Å². The number of rotatable bonds is 56. The molecule has 0 heterocycles. The van der Waals surface area contributed by atoms with E-state index in [0.29, 0.717) is 17.4 Å². The number of quaternary nitrogens is 1. The van der Waals surface area contributed by atoms with E-state index >= 15 is 0 Å². The number of unbranched alkanes of at least 4 members (excludes halogenated alkanes) is 32. The number of carbonyl (C=O) groups is 2. The van der Waals surface area contributed by atoms with Crippen LogP contribution in [0.3, 0.4) is 0 Å². The van der Waals surface area contributed by atoms with Gasteiger partial charge in [-0.2, -0.15) is 0 Å². The van der Waals surface area contributed by atoms with Gasteiger partial charge in [0, 0.05) is 12.8 Å². The lowest BCUT2D eigenvalue weighted by Crippen LogP contribution is -2.47. The number of phosphoric acid groups is 1. The highest BCUT2D eigenvalue weighted by Crippen LogP contribution is 2.38. The van der Waals surface area contributed by atoms with Crippen LogP contribution in [-0.4, -0.2) is 69.4 Å². The molecule has 0 aliphatic carbocycles. The monoisotopic (exact) mass is 1060 g/mol. The molecule has 3 unspecified atom stereocenters. The molecule has 0 bridgehead atoms. The molecule has 0 aliphatic rings. The molecule has 0 aromatic rings. The Hall–Kier alpha value is -2.29. The number of carbonyl (C=O) groups excluding carboxylic acids is 2. The smallest absolute Gasteiger partial charge is 0.306 e. The Morgan fingerprint density at radius 3 is 1.31 bits per heavy atom. The Balaban J connectivity index is 5.12. The number of likely N-dealkylation sites (N-methyl/N-ethyl adjacent to an activating group) is 1. The number of allylic oxidation sites excluding steroid dienone is 9. The lowest BCUT2D eigenvalue weighted by atomic mass is 10.0. The normalized spacial score (nSPS) is 14.1. The first-order valence-electron chi connectivity index (χ1n) is 31.1. The minimum Gasteiger partial charge on any atom is -0.756 e. The number of amides is 1. The molecule has 10 heteroatoms. The van der Waals surface area contributed by atoms with Gasteiger partial charge in [0.15, 0.2) is 0 Å². The molecule has 0 saturated carbocycles. The molecule has 3 atom stereocenters. The predicted octanol–water partition coefficient (Wildman–Crippen LogP) is 18.4. The van der Waals surface area contributed by atoms with E-state index in [-0.39, 0.29) is 24.9 Å². The maximum atomic E-state index is 13.5. The molecule has 0 aromatic carbocycles. The zero-order valence-corrected chi connectivity index (χ0v) is 50.2. The minimum absolute atomic E-state index is 0.0247. The summed E-state index contributed by atoms with van der Waals surface area (Å²) < 4.78 is 30.3. The quantitative estimate of drug-likeness (QED) is 0.0212. The molecule has 1 amide bonds. The fourth-order valence-electron chi connectivity index (χ4n) is 8.88. The van der Waals surface area contributed by atoms with Crippen LogP contribution in [0.4, 0.5) is 0 Å². The molecule has 1 N–H and O–H groups in total. The third kappa shape index (κ3) is 54.5. The van der Waals surface area contributed by atoms with Crippen LogP contribution < -0.4 is 10.2 Å². The second-order valence-corrected chi connectivity index (χ2v) is 23.6. The molecule has 74 heavy (non-hydrogen) atoms. The number of hydrogen-bond donors (Lipinski definition) is 1. The van der Waals surface area contributed by atoms with Crippen molar-refractivity contribution in [2.24, 2.45) is 0 Å². The SMILES string of the molecule is CC/C=C/C/C=C/CCCCCCCCCC(=O)NC(COP(=O)([O-])OCC[N+](C)(C)C)C(/C=C\CCCCCCCCCCC)OC(=O)CCCCCCCCCCCCCCC/C=C\C/C=C\CCCCC. The van der Waals surface area contributed by atoms with Gasteiger partial charge in [-0.15, -0.1) is 0 Å². The molecule has 9 nitrogen and oxygen atoms in total. The van der Waals surface area contributed by atoms with Gasteiger partial charge in [0.2, 0.25) is 5.91 Å². The predicted molar refractivity (Wildman–Crippen MR) is 316 cm³/mol. The average Bonchev–Trinajstić information content (AvgIpc) is 3.36. The van der Waals surface area contributed by atoms with E-state index < -0.39 is 26.6 Å². The van der Waals surface area contributed by atoms with Gasteiger partial charge in [-0.25, -0.2) is 0 Å². The summed E-state index contributed by atoms with van der Waals surface area (Å²) in [5.41, 5.74) is 0. The van der Waals surface area contributed by atoms with Crippen LogP contribution in [0.15, 0.2) is 60.8 Å². The second kappa shape index (κ2) is 54.1. The molecule has 0 fully saturated rings. The number of esters is 1. The van der Waals surface area contributed by atoms with Gasteiger partial charge in [-0.1, -0.05) is 242 Å². The zero-order chi connectivity index (χ0) is 54.3. The van der Waals surface area contributed by atoms with Crippen molar-refractivity contribution < 1.29 is 37.3 Å². The molecule has 0 spiro atoms. The third-order valence-corrected chi connectivity index (χ3v) is 14.6. The van der Waals surface area contributed by atoms with Gasteiger partial charge < -0.3 is 28.5 Å². The van der Waals surface area contributed by atoms with E-state index in [9.17, 15) is 19.0 Å². The first-order chi connectivity index (χ1) is 35.9. The van der Waals surface area contributed by atoms with Crippen molar-refractivity contribution in [3.63, 3.8) is 0 Å². The van der Waals surface area contributed by atoms with Crippen molar-refractivity contribution in [1.82, 2.24) is 5.32 Å². The summed E-state index contributed by atoms with van der Waals surface area (Å²) in [6, 6.07) is -0.892. The summed E-state index contributed by atoms with van der Waals surface area (Å²) in [7, 11) is 1.18. The average molecular weight is 1060 g/mol. The summed E-state index contributed by atoms with van der Waals surface area (Å²) in [5, 5.41) is 3.02. The number of hydrogen-bond acceptors (Lipinski definition) is 7. The maximum absolute atomic E-state index is 13.5. The summed E-state index contributed by atoms with van der Waals surface area (Å²) in [6.45, 7) is 6.71. The Morgan fingerprint density at radius 2 is 0.865 bits per heavy atom. The van der Waals surface area contributed by atoms with E-state index in [4.69, 9.17) is 13.8 Å². The molecule has 0 rings (SSSR count).